The fraction of sp³-hybridized carbons (Fsp3) is 0.895. The Labute approximate surface area is 180 Å². The molecule has 2 atom stereocenters. The molecule has 0 radical (unpaired) electrons. The molecule has 3 rings (SSSR count). The van der Waals surface area contributed by atoms with E-state index in [-0.39, 0.29) is 42.0 Å². The first kappa shape index (κ1) is 22.7. The lowest BCUT2D eigenvalue weighted by atomic mass is 9.88. The Bertz CT molecular complexity index is 480. The van der Waals surface area contributed by atoms with Gasteiger partial charge in [0.05, 0.1) is 26.4 Å². The standard InChI is InChI=1S/C19H34N4O3.HI/c1-2-20-19(21-12-17-14-25-10-11-26-17)22-16-8-9-23(13-16)18(24)15-6-4-3-5-7-15;/h15-17H,2-14H2,1H3,(H2,20,21,22);1H. The van der Waals surface area contributed by atoms with E-state index in [1.54, 1.807) is 0 Å². The van der Waals surface area contributed by atoms with Gasteiger partial charge in [0.25, 0.3) is 0 Å². The van der Waals surface area contributed by atoms with Gasteiger partial charge >= 0.3 is 0 Å². The minimum absolute atomic E-state index is 0. The number of nitrogens with one attached hydrogen (secondary N) is 2. The minimum Gasteiger partial charge on any atom is -0.376 e. The number of halogens is 1. The summed E-state index contributed by atoms with van der Waals surface area (Å²) >= 11 is 0. The van der Waals surface area contributed by atoms with Crippen LogP contribution in [-0.2, 0) is 14.3 Å². The molecule has 3 fully saturated rings. The zero-order chi connectivity index (χ0) is 18.2. The van der Waals surface area contributed by atoms with Crippen LogP contribution in [0.3, 0.4) is 0 Å². The molecule has 0 aromatic carbocycles. The number of rotatable bonds is 5. The van der Waals surface area contributed by atoms with Crippen molar-refractivity contribution < 1.29 is 14.3 Å². The smallest absolute Gasteiger partial charge is 0.225 e. The van der Waals surface area contributed by atoms with Crippen LogP contribution < -0.4 is 10.6 Å². The highest BCUT2D eigenvalue weighted by atomic mass is 127. The number of ether oxygens (including phenoxy) is 2. The van der Waals surface area contributed by atoms with E-state index < -0.39 is 0 Å². The quantitative estimate of drug-likeness (QED) is 0.346. The number of guanidine groups is 1. The van der Waals surface area contributed by atoms with Crippen molar-refractivity contribution in [1.29, 1.82) is 0 Å². The van der Waals surface area contributed by atoms with Gasteiger partial charge in [0, 0.05) is 31.6 Å². The first-order chi connectivity index (χ1) is 12.8. The Hall–Kier alpha value is -0.610. The number of carbonyl (C=O) groups is 1. The predicted octanol–water partition coefficient (Wildman–Crippen LogP) is 1.76. The molecule has 1 saturated carbocycles. The maximum absolute atomic E-state index is 12.7. The minimum atomic E-state index is 0. The Morgan fingerprint density at radius 2 is 2.00 bits per heavy atom. The highest BCUT2D eigenvalue weighted by Gasteiger charge is 2.31. The van der Waals surface area contributed by atoms with Gasteiger partial charge in [0.1, 0.15) is 6.10 Å². The van der Waals surface area contributed by atoms with Crippen molar-refractivity contribution in [2.75, 3.05) is 46.0 Å². The zero-order valence-electron chi connectivity index (χ0n) is 16.5. The van der Waals surface area contributed by atoms with Crippen LogP contribution in [0.25, 0.3) is 0 Å². The Balaban J connectivity index is 0.00000261. The van der Waals surface area contributed by atoms with E-state index in [1.807, 2.05) is 0 Å². The van der Waals surface area contributed by atoms with Gasteiger partial charge in [-0.2, -0.15) is 0 Å². The van der Waals surface area contributed by atoms with E-state index in [1.165, 1.54) is 19.3 Å². The summed E-state index contributed by atoms with van der Waals surface area (Å²) in [6.07, 6.45) is 6.85. The summed E-state index contributed by atoms with van der Waals surface area (Å²) in [5.74, 6) is 1.43. The molecule has 156 valence electrons. The van der Waals surface area contributed by atoms with Crippen LogP contribution in [0.5, 0.6) is 0 Å². The molecular formula is C19H35IN4O3. The molecule has 2 unspecified atom stereocenters. The van der Waals surface area contributed by atoms with Crippen LogP contribution in [0.4, 0.5) is 0 Å². The molecule has 0 aromatic heterocycles. The Morgan fingerprint density at radius 3 is 2.70 bits per heavy atom. The average molecular weight is 494 g/mol. The van der Waals surface area contributed by atoms with Crippen molar-refractivity contribution in [3.8, 4) is 0 Å². The molecule has 1 aliphatic carbocycles. The first-order valence-corrected chi connectivity index (χ1v) is 10.3. The number of likely N-dealkylation sites (tertiary alicyclic amines) is 1. The number of aliphatic imine (C=N–C) groups is 1. The van der Waals surface area contributed by atoms with Crippen LogP contribution in [0.1, 0.15) is 45.4 Å². The van der Waals surface area contributed by atoms with Crippen LogP contribution in [-0.4, -0.2) is 74.9 Å². The van der Waals surface area contributed by atoms with Crippen molar-refractivity contribution in [2.45, 2.75) is 57.6 Å². The second kappa shape index (κ2) is 12.1. The highest BCUT2D eigenvalue weighted by molar-refractivity contribution is 14.0. The molecule has 2 heterocycles. The summed E-state index contributed by atoms with van der Waals surface area (Å²) in [5.41, 5.74) is 0. The van der Waals surface area contributed by atoms with Crippen LogP contribution >= 0.6 is 24.0 Å². The zero-order valence-corrected chi connectivity index (χ0v) is 18.8. The van der Waals surface area contributed by atoms with E-state index in [0.29, 0.717) is 32.3 Å². The summed E-state index contributed by atoms with van der Waals surface area (Å²) in [5, 5.41) is 6.79. The molecule has 2 N–H and O–H groups in total. The van der Waals surface area contributed by atoms with Gasteiger partial charge in [0.15, 0.2) is 5.96 Å². The molecule has 27 heavy (non-hydrogen) atoms. The van der Waals surface area contributed by atoms with Gasteiger partial charge in [-0.25, -0.2) is 0 Å². The summed E-state index contributed by atoms with van der Waals surface area (Å²) < 4.78 is 11.1. The van der Waals surface area contributed by atoms with E-state index in [0.717, 1.165) is 44.9 Å². The van der Waals surface area contributed by atoms with E-state index in [9.17, 15) is 4.79 Å². The van der Waals surface area contributed by atoms with Gasteiger partial charge in [-0.15, -0.1) is 24.0 Å². The van der Waals surface area contributed by atoms with Crippen molar-refractivity contribution in [1.82, 2.24) is 15.5 Å². The SMILES string of the molecule is CCNC(=NCC1COCCO1)NC1CCN(C(=O)C2CCCCC2)C1.I. The lowest BCUT2D eigenvalue weighted by Crippen LogP contribution is -2.46. The number of amides is 1. The Morgan fingerprint density at radius 1 is 1.19 bits per heavy atom. The summed E-state index contributed by atoms with van der Waals surface area (Å²) in [6, 6.07) is 0.267. The van der Waals surface area contributed by atoms with Crippen molar-refractivity contribution in [3.63, 3.8) is 0 Å². The van der Waals surface area contributed by atoms with Gasteiger partial charge < -0.3 is 25.0 Å². The molecule has 7 nitrogen and oxygen atoms in total. The second-order valence-corrected chi connectivity index (χ2v) is 7.54. The second-order valence-electron chi connectivity index (χ2n) is 7.54. The van der Waals surface area contributed by atoms with Gasteiger partial charge in [0.2, 0.25) is 5.91 Å². The molecular weight excluding hydrogens is 459 g/mol. The van der Waals surface area contributed by atoms with Crippen LogP contribution in [0, 0.1) is 5.92 Å². The van der Waals surface area contributed by atoms with E-state index in [4.69, 9.17) is 9.47 Å². The van der Waals surface area contributed by atoms with E-state index >= 15 is 0 Å². The van der Waals surface area contributed by atoms with E-state index in [2.05, 4.69) is 27.4 Å². The highest BCUT2D eigenvalue weighted by Crippen LogP contribution is 2.26. The topological polar surface area (TPSA) is 75.2 Å². The molecule has 0 spiro atoms. The first-order valence-electron chi connectivity index (χ1n) is 10.3. The van der Waals surface area contributed by atoms with Gasteiger partial charge in [-0.3, -0.25) is 9.79 Å². The maximum atomic E-state index is 12.7. The van der Waals surface area contributed by atoms with Gasteiger partial charge in [-0.1, -0.05) is 19.3 Å². The number of hydrogen-bond donors (Lipinski definition) is 2. The molecule has 1 amide bonds. The summed E-state index contributed by atoms with van der Waals surface area (Å²) in [6.45, 7) is 7.02. The van der Waals surface area contributed by atoms with Crippen molar-refractivity contribution in [3.05, 3.63) is 0 Å². The molecule has 0 aromatic rings. The average Bonchev–Trinajstić information content (AvgIpc) is 3.16. The Kier molecular flexibility index (Phi) is 10.1. The van der Waals surface area contributed by atoms with Gasteiger partial charge in [-0.05, 0) is 26.2 Å². The molecule has 8 heteroatoms. The number of nitrogens with zero attached hydrogens (tertiary/aromatic N) is 2. The fourth-order valence-corrected chi connectivity index (χ4v) is 4.03. The maximum Gasteiger partial charge on any atom is 0.225 e. The van der Waals surface area contributed by atoms with Crippen molar-refractivity contribution >= 4 is 35.8 Å². The molecule has 2 saturated heterocycles. The molecule has 2 aliphatic heterocycles. The fourth-order valence-electron chi connectivity index (χ4n) is 4.03. The third-order valence-corrected chi connectivity index (χ3v) is 5.48. The summed E-state index contributed by atoms with van der Waals surface area (Å²) in [4.78, 5) is 19.4. The lowest BCUT2D eigenvalue weighted by molar-refractivity contribution is -0.135. The number of hydrogen-bond acceptors (Lipinski definition) is 4. The lowest BCUT2D eigenvalue weighted by Gasteiger charge is -2.26. The van der Waals surface area contributed by atoms with Crippen LogP contribution in [0.2, 0.25) is 0 Å². The predicted molar refractivity (Wildman–Crippen MR) is 117 cm³/mol. The third kappa shape index (κ3) is 7.05. The van der Waals surface area contributed by atoms with Crippen molar-refractivity contribution in [2.24, 2.45) is 10.9 Å². The monoisotopic (exact) mass is 494 g/mol. The normalized spacial score (nSPS) is 27.1. The molecule has 3 aliphatic rings. The van der Waals surface area contributed by atoms with Crippen LogP contribution in [0.15, 0.2) is 4.99 Å². The third-order valence-electron chi connectivity index (χ3n) is 5.48. The number of carbonyl (C=O) groups excluding carboxylic acids is 1. The molecule has 0 bridgehead atoms. The largest absolute Gasteiger partial charge is 0.376 e. The summed E-state index contributed by atoms with van der Waals surface area (Å²) in [7, 11) is 0.